The second-order valence-electron chi connectivity index (χ2n) is 7.80. The second kappa shape index (κ2) is 9.68. The molecule has 178 valence electrons. The lowest BCUT2D eigenvalue weighted by Gasteiger charge is -2.11. The van der Waals surface area contributed by atoms with Crippen molar-refractivity contribution in [3.8, 4) is 16.8 Å². The van der Waals surface area contributed by atoms with Crippen molar-refractivity contribution < 1.29 is 22.7 Å². The van der Waals surface area contributed by atoms with Crippen LogP contribution in [0, 0.1) is 0 Å². The molecule has 4 aromatic rings. The Balaban J connectivity index is 1.54. The van der Waals surface area contributed by atoms with Crippen LogP contribution in [0.25, 0.3) is 27.8 Å². The number of anilines is 1. The van der Waals surface area contributed by atoms with Gasteiger partial charge in [0.15, 0.2) is 0 Å². The number of nitrogens with zero attached hydrogens (tertiary/aromatic N) is 4. The molecular formula is C24H24F3N5O2. The Labute approximate surface area is 194 Å². The molecule has 0 saturated heterocycles. The fourth-order valence-corrected chi connectivity index (χ4v) is 3.61. The van der Waals surface area contributed by atoms with Crippen molar-refractivity contribution in [1.82, 2.24) is 19.3 Å². The number of ether oxygens (including phenoxy) is 1. The Morgan fingerprint density at radius 3 is 2.76 bits per heavy atom. The summed E-state index contributed by atoms with van der Waals surface area (Å²) in [5.41, 5.74) is 4.65. The van der Waals surface area contributed by atoms with Gasteiger partial charge in [-0.25, -0.2) is 9.67 Å². The first-order valence-corrected chi connectivity index (χ1v) is 10.8. The minimum Gasteiger partial charge on any atom is -0.357 e. The Morgan fingerprint density at radius 2 is 2.00 bits per heavy atom. The van der Waals surface area contributed by atoms with E-state index in [0.29, 0.717) is 12.3 Å². The highest BCUT2D eigenvalue weighted by atomic mass is 19.4. The molecule has 4 rings (SSSR count). The quantitative estimate of drug-likeness (QED) is 0.356. The minimum atomic E-state index is -4.37. The standard InChI is InChI=1S/C24H24F3N5O2/c1-3-34-16(2)32-14-18(13-29-32)17-7-8-22-21(11-17)28-15-31(22)20-6-4-5-19(12-20)30-23(33)9-10-24(25,26)27/h4-8,11-16H,3,9-10H2,1-2H3,(H,30,33). The third-order valence-electron chi connectivity index (χ3n) is 5.31. The van der Waals surface area contributed by atoms with E-state index in [4.69, 9.17) is 4.74 Å². The monoisotopic (exact) mass is 471 g/mol. The first-order chi connectivity index (χ1) is 16.2. The Morgan fingerprint density at radius 1 is 1.18 bits per heavy atom. The lowest BCUT2D eigenvalue weighted by molar-refractivity contribution is -0.142. The van der Waals surface area contributed by atoms with E-state index in [0.717, 1.165) is 27.8 Å². The molecule has 0 spiro atoms. The van der Waals surface area contributed by atoms with Crippen molar-refractivity contribution in [2.24, 2.45) is 0 Å². The van der Waals surface area contributed by atoms with E-state index in [-0.39, 0.29) is 6.23 Å². The maximum Gasteiger partial charge on any atom is 0.389 e. The van der Waals surface area contributed by atoms with Gasteiger partial charge in [0.2, 0.25) is 5.91 Å². The summed E-state index contributed by atoms with van der Waals surface area (Å²) < 4.78 is 46.3. The van der Waals surface area contributed by atoms with Crippen LogP contribution in [0.1, 0.15) is 32.9 Å². The van der Waals surface area contributed by atoms with Crippen LogP contribution < -0.4 is 5.32 Å². The third-order valence-corrected chi connectivity index (χ3v) is 5.31. The largest absolute Gasteiger partial charge is 0.389 e. The van der Waals surface area contributed by atoms with E-state index < -0.39 is 24.9 Å². The molecule has 1 atom stereocenters. The van der Waals surface area contributed by atoms with E-state index in [2.05, 4.69) is 15.4 Å². The van der Waals surface area contributed by atoms with Crippen molar-refractivity contribution in [1.29, 1.82) is 0 Å². The van der Waals surface area contributed by atoms with Gasteiger partial charge in [-0.3, -0.25) is 9.36 Å². The number of hydrogen-bond acceptors (Lipinski definition) is 4. The number of rotatable bonds is 8. The molecule has 1 unspecified atom stereocenters. The van der Waals surface area contributed by atoms with Gasteiger partial charge in [0.1, 0.15) is 12.6 Å². The van der Waals surface area contributed by atoms with E-state index in [9.17, 15) is 18.0 Å². The predicted molar refractivity (Wildman–Crippen MR) is 123 cm³/mol. The van der Waals surface area contributed by atoms with Gasteiger partial charge in [0.25, 0.3) is 0 Å². The highest BCUT2D eigenvalue weighted by Crippen LogP contribution is 2.27. The highest BCUT2D eigenvalue weighted by molar-refractivity contribution is 5.91. The number of imidazole rings is 1. The number of nitrogens with one attached hydrogen (secondary N) is 1. The summed E-state index contributed by atoms with van der Waals surface area (Å²) in [6, 6.07) is 12.8. The first kappa shape index (κ1) is 23.5. The van der Waals surface area contributed by atoms with Gasteiger partial charge in [-0.05, 0) is 49.7 Å². The van der Waals surface area contributed by atoms with Gasteiger partial charge in [-0.2, -0.15) is 18.3 Å². The molecular weight excluding hydrogens is 447 g/mol. The summed E-state index contributed by atoms with van der Waals surface area (Å²) in [5.74, 6) is -0.686. The molecule has 1 N–H and O–H groups in total. The minimum absolute atomic E-state index is 0.164. The molecule has 34 heavy (non-hydrogen) atoms. The van der Waals surface area contributed by atoms with Crippen LogP contribution in [0.2, 0.25) is 0 Å². The Bertz CT molecular complexity index is 1300. The molecule has 0 saturated carbocycles. The maximum absolute atomic E-state index is 12.4. The number of benzene rings is 2. The average molecular weight is 471 g/mol. The molecule has 0 aliphatic carbocycles. The third kappa shape index (κ3) is 5.45. The molecule has 2 aromatic carbocycles. The van der Waals surface area contributed by atoms with Crippen LogP contribution in [-0.4, -0.2) is 38.0 Å². The predicted octanol–water partition coefficient (Wildman–Crippen LogP) is 5.73. The maximum atomic E-state index is 12.4. The van der Waals surface area contributed by atoms with Crippen LogP contribution in [0.4, 0.5) is 18.9 Å². The Hall–Kier alpha value is -3.66. The summed E-state index contributed by atoms with van der Waals surface area (Å²) in [5, 5.41) is 6.90. The lowest BCUT2D eigenvalue weighted by atomic mass is 10.1. The van der Waals surface area contributed by atoms with E-state index in [1.54, 1.807) is 35.4 Å². The number of hydrogen-bond donors (Lipinski definition) is 1. The highest BCUT2D eigenvalue weighted by Gasteiger charge is 2.27. The molecule has 1 amide bonds. The zero-order valence-corrected chi connectivity index (χ0v) is 18.7. The molecule has 7 nitrogen and oxygen atoms in total. The van der Waals surface area contributed by atoms with Gasteiger partial charge in [-0.1, -0.05) is 12.1 Å². The van der Waals surface area contributed by atoms with Gasteiger partial charge >= 0.3 is 6.18 Å². The normalized spacial score (nSPS) is 12.7. The number of amides is 1. The van der Waals surface area contributed by atoms with E-state index in [1.165, 1.54) is 0 Å². The van der Waals surface area contributed by atoms with Crippen LogP contribution >= 0.6 is 0 Å². The second-order valence-corrected chi connectivity index (χ2v) is 7.80. The number of carbonyl (C=O) groups excluding carboxylic acids is 1. The number of halogens is 3. The summed E-state index contributed by atoms with van der Waals surface area (Å²) in [6.45, 7) is 4.46. The summed E-state index contributed by atoms with van der Waals surface area (Å²) >= 11 is 0. The molecule has 2 aromatic heterocycles. The van der Waals surface area contributed by atoms with Crippen LogP contribution in [-0.2, 0) is 9.53 Å². The van der Waals surface area contributed by atoms with Crippen molar-refractivity contribution in [2.75, 3.05) is 11.9 Å². The Kier molecular flexibility index (Phi) is 6.69. The van der Waals surface area contributed by atoms with Crippen molar-refractivity contribution in [2.45, 2.75) is 39.1 Å². The summed E-state index contributed by atoms with van der Waals surface area (Å²) in [4.78, 5) is 16.4. The van der Waals surface area contributed by atoms with Crippen LogP contribution in [0.15, 0.2) is 61.2 Å². The zero-order chi connectivity index (χ0) is 24.3. The average Bonchev–Trinajstić information content (AvgIpc) is 3.45. The van der Waals surface area contributed by atoms with E-state index in [1.807, 2.05) is 48.9 Å². The molecule has 0 aliphatic heterocycles. The van der Waals surface area contributed by atoms with Crippen molar-refractivity contribution in [3.63, 3.8) is 0 Å². The molecule has 2 heterocycles. The van der Waals surface area contributed by atoms with Gasteiger partial charge < -0.3 is 10.1 Å². The van der Waals surface area contributed by atoms with Crippen molar-refractivity contribution in [3.05, 3.63) is 61.2 Å². The molecule has 0 radical (unpaired) electrons. The molecule has 0 aliphatic rings. The van der Waals surface area contributed by atoms with Gasteiger partial charge in [0.05, 0.1) is 23.7 Å². The van der Waals surface area contributed by atoms with Crippen LogP contribution in [0.3, 0.4) is 0 Å². The number of carbonyl (C=O) groups is 1. The zero-order valence-electron chi connectivity index (χ0n) is 18.7. The SMILES string of the molecule is CCOC(C)n1cc(-c2ccc3c(c2)ncn3-c2cccc(NC(=O)CCC(F)(F)F)c2)cn1. The first-order valence-electron chi connectivity index (χ1n) is 10.8. The fraction of sp³-hybridized carbons (Fsp3) is 0.292. The number of fused-ring (bicyclic) bond motifs is 1. The molecule has 0 bridgehead atoms. The fourth-order valence-electron chi connectivity index (χ4n) is 3.61. The molecule has 10 heteroatoms. The number of aromatic nitrogens is 4. The smallest absolute Gasteiger partial charge is 0.357 e. The summed E-state index contributed by atoms with van der Waals surface area (Å²) in [7, 11) is 0. The van der Waals surface area contributed by atoms with Gasteiger partial charge in [-0.15, -0.1) is 0 Å². The topological polar surface area (TPSA) is 74.0 Å². The van der Waals surface area contributed by atoms with E-state index >= 15 is 0 Å². The summed E-state index contributed by atoms with van der Waals surface area (Å²) in [6.07, 6.45) is -0.945. The lowest BCUT2D eigenvalue weighted by Crippen LogP contribution is -2.16. The van der Waals surface area contributed by atoms with Crippen LogP contribution in [0.5, 0.6) is 0 Å². The van der Waals surface area contributed by atoms with Crippen molar-refractivity contribution >= 4 is 22.6 Å². The molecule has 0 fully saturated rings. The number of alkyl halides is 3. The van der Waals surface area contributed by atoms with Gasteiger partial charge in [0, 0.05) is 36.2 Å².